The van der Waals surface area contributed by atoms with Crippen molar-refractivity contribution in [2.75, 3.05) is 18.4 Å². The van der Waals surface area contributed by atoms with E-state index < -0.39 is 0 Å². The first-order valence-corrected chi connectivity index (χ1v) is 9.72. The van der Waals surface area contributed by atoms with Gasteiger partial charge in [0.15, 0.2) is 0 Å². The number of benzene rings is 2. The van der Waals surface area contributed by atoms with Crippen molar-refractivity contribution in [2.24, 2.45) is 0 Å². The molecule has 2 amide bonds. The largest absolute Gasteiger partial charge is 0.329 e. The molecule has 4 rings (SSSR count). The summed E-state index contributed by atoms with van der Waals surface area (Å²) in [4.78, 5) is 27.2. The molecule has 5 nitrogen and oxygen atoms in total. The van der Waals surface area contributed by atoms with Crippen LogP contribution in [0, 0.1) is 0 Å². The molecule has 2 aliphatic rings. The Morgan fingerprint density at radius 2 is 1.67 bits per heavy atom. The van der Waals surface area contributed by atoms with E-state index in [0.29, 0.717) is 6.54 Å². The predicted molar refractivity (Wildman–Crippen MR) is 106 cm³/mol. The molecule has 0 bridgehead atoms. The molecule has 2 atom stereocenters. The number of hydrogen-bond donors (Lipinski definition) is 2. The maximum Gasteiger partial charge on any atom is 0.247 e. The molecule has 27 heavy (non-hydrogen) atoms. The van der Waals surface area contributed by atoms with Crippen LogP contribution in [-0.4, -0.2) is 41.9 Å². The van der Waals surface area contributed by atoms with Gasteiger partial charge in [-0.2, -0.15) is 0 Å². The Morgan fingerprint density at radius 1 is 0.926 bits per heavy atom. The van der Waals surface area contributed by atoms with E-state index in [2.05, 4.69) is 22.8 Å². The summed E-state index contributed by atoms with van der Waals surface area (Å²) >= 11 is 0. The van der Waals surface area contributed by atoms with E-state index in [1.54, 1.807) is 4.90 Å². The van der Waals surface area contributed by atoms with Crippen LogP contribution in [-0.2, 0) is 9.59 Å². The fourth-order valence-corrected chi connectivity index (χ4v) is 4.00. The molecule has 2 unspecified atom stereocenters. The van der Waals surface area contributed by atoms with Crippen LogP contribution in [0.3, 0.4) is 0 Å². The van der Waals surface area contributed by atoms with E-state index >= 15 is 0 Å². The minimum atomic E-state index is -0.367. The quantitative estimate of drug-likeness (QED) is 0.878. The Kier molecular flexibility index (Phi) is 5.21. The van der Waals surface area contributed by atoms with Crippen molar-refractivity contribution < 1.29 is 9.59 Å². The second-order valence-corrected chi connectivity index (χ2v) is 7.27. The van der Waals surface area contributed by atoms with Gasteiger partial charge < -0.3 is 15.5 Å². The van der Waals surface area contributed by atoms with Crippen molar-refractivity contribution in [3.05, 3.63) is 54.6 Å². The number of carbonyl (C=O) groups is 2. The van der Waals surface area contributed by atoms with Crippen molar-refractivity contribution in [2.45, 2.75) is 37.8 Å². The molecule has 0 saturated carbocycles. The van der Waals surface area contributed by atoms with E-state index in [1.165, 1.54) is 0 Å². The third kappa shape index (κ3) is 3.88. The average Bonchev–Trinajstić information content (AvgIpc) is 3.41. The Hall–Kier alpha value is -2.66. The summed E-state index contributed by atoms with van der Waals surface area (Å²) in [6, 6.07) is 17.5. The number of nitrogens with one attached hydrogen (secondary N) is 2. The van der Waals surface area contributed by atoms with Gasteiger partial charge in [0.2, 0.25) is 11.8 Å². The molecule has 0 spiro atoms. The first-order chi connectivity index (χ1) is 13.2. The van der Waals surface area contributed by atoms with E-state index in [0.717, 1.165) is 49.0 Å². The molecule has 0 aromatic heterocycles. The third-order valence-electron chi connectivity index (χ3n) is 5.46. The molecule has 2 aliphatic heterocycles. The summed E-state index contributed by atoms with van der Waals surface area (Å²) in [6.45, 7) is 1.55. The third-order valence-corrected chi connectivity index (χ3v) is 5.46. The molecule has 0 radical (unpaired) electrons. The van der Waals surface area contributed by atoms with Crippen molar-refractivity contribution >= 4 is 17.5 Å². The lowest BCUT2D eigenvalue weighted by Gasteiger charge is -2.26. The van der Waals surface area contributed by atoms with Crippen LogP contribution in [0.5, 0.6) is 0 Å². The molecular formula is C22H25N3O2. The molecule has 140 valence electrons. The lowest BCUT2D eigenvalue weighted by molar-refractivity contribution is -0.138. The number of rotatable bonds is 4. The number of amides is 2. The highest BCUT2D eigenvalue weighted by molar-refractivity contribution is 5.98. The van der Waals surface area contributed by atoms with Gasteiger partial charge in [0, 0.05) is 12.2 Å². The second kappa shape index (κ2) is 7.92. The molecule has 2 fully saturated rings. The van der Waals surface area contributed by atoms with Crippen LogP contribution in [0.15, 0.2) is 54.6 Å². The molecule has 2 N–H and O–H groups in total. The van der Waals surface area contributed by atoms with Gasteiger partial charge in [-0.05, 0) is 55.5 Å². The van der Waals surface area contributed by atoms with Gasteiger partial charge in [-0.25, -0.2) is 0 Å². The van der Waals surface area contributed by atoms with E-state index in [9.17, 15) is 9.59 Å². The summed E-state index contributed by atoms with van der Waals surface area (Å²) in [5.41, 5.74) is 3.02. The summed E-state index contributed by atoms with van der Waals surface area (Å²) in [5, 5.41) is 6.23. The highest BCUT2D eigenvalue weighted by Crippen LogP contribution is 2.24. The lowest BCUT2D eigenvalue weighted by atomic mass is 10.1. The fraction of sp³-hybridized carbons (Fsp3) is 0.364. The SMILES string of the molecule is O=C(Nc1ccc(-c2ccccc2)cc1)C1CCCN1C(=O)C1CCCN1. The lowest BCUT2D eigenvalue weighted by Crippen LogP contribution is -2.49. The topological polar surface area (TPSA) is 61.4 Å². The average molecular weight is 363 g/mol. The smallest absolute Gasteiger partial charge is 0.247 e. The Morgan fingerprint density at radius 3 is 2.37 bits per heavy atom. The number of nitrogens with zero attached hydrogens (tertiary/aromatic N) is 1. The minimum absolute atomic E-state index is 0.0737. The number of anilines is 1. The fourth-order valence-electron chi connectivity index (χ4n) is 4.00. The summed E-state index contributed by atoms with van der Waals surface area (Å²) in [7, 11) is 0. The normalized spacial score (nSPS) is 22.0. The number of likely N-dealkylation sites (tertiary alicyclic amines) is 1. The molecule has 2 heterocycles. The van der Waals surface area contributed by atoms with Crippen LogP contribution in [0.1, 0.15) is 25.7 Å². The maximum absolute atomic E-state index is 12.8. The Balaban J connectivity index is 1.41. The monoisotopic (exact) mass is 363 g/mol. The number of hydrogen-bond acceptors (Lipinski definition) is 3. The van der Waals surface area contributed by atoms with Crippen LogP contribution in [0.25, 0.3) is 11.1 Å². The summed E-state index contributed by atoms with van der Waals surface area (Å²) in [6.07, 6.45) is 3.50. The van der Waals surface area contributed by atoms with Gasteiger partial charge in [-0.3, -0.25) is 9.59 Å². The van der Waals surface area contributed by atoms with Crippen molar-refractivity contribution in [3.63, 3.8) is 0 Å². The van der Waals surface area contributed by atoms with Crippen LogP contribution in [0.4, 0.5) is 5.69 Å². The number of carbonyl (C=O) groups excluding carboxylic acids is 2. The molecular weight excluding hydrogens is 338 g/mol. The van der Waals surface area contributed by atoms with Crippen molar-refractivity contribution in [3.8, 4) is 11.1 Å². The molecule has 0 aliphatic carbocycles. The van der Waals surface area contributed by atoms with Gasteiger partial charge >= 0.3 is 0 Å². The first kappa shape index (κ1) is 17.7. The molecule has 2 aromatic carbocycles. The maximum atomic E-state index is 12.8. The zero-order valence-electron chi connectivity index (χ0n) is 15.4. The Labute approximate surface area is 159 Å². The standard InChI is InChI=1S/C22H25N3O2/c26-21(20-9-5-15-25(20)22(27)19-8-4-14-23-19)24-18-12-10-17(11-13-18)16-6-2-1-3-7-16/h1-3,6-7,10-13,19-20,23H,4-5,8-9,14-15H2,(H,24,26). The molecule has 5 heteroatoms. The highest BCUT2D eigenvalue weighted by Gasteiger charge is 2.37. The predicted octanol–water partition coefficient (Wildman–Crippen LogP) is 3.04. The van der Waals surface area contributed by atoms with Crippen molar-refractivity contribution in [1.82, 2.24) is 10.2 Å². The first-order valence-electron chi connectivity index (χ1n) is 9.72. The van der Waals surface area contributed by atoms with E-state index in [-0.39, 0.29) is 23.9 Å². The molecule has 2 saturated heterocycles. The van der Waals surface area contributed by atoms with Crippen LogP contribution in [0.2, 0.25) is 0 Å². The Bertz CT molecular complexity index is 798. The zero-order chi connectivity index (χ0) is 18.6. The summed E-state index contributed by atoms with van der Waals surface area (Å²) in [5.74, 6) is -0.0177. The molecule has 2 aromatic rings. The van der Waals surface area contributed by atoms with E-state index in [4.69, 9.17) is 0 Å². The van der Waals surface area contributed by atoms with Gasteiger partial charge in [-0.1, -0.05) is 42.5 Å². The summed E-state index contributed by atoms with van der Waals surface area (Å²) < 4.78 is 0. The van der Waals surface area contributed by atoms with E-state index in [1.807, 2.05) is 42.5 Å². The van der Waals surface area contributed by atoms with Crippen molar-refractivity contribution in [1.29, 1.82) is 0 Å². The highest BCUT2D eigenvalue weighted by atomic mass is 16.2. The zero-order valence-corrected chi connectivity index (χ0v) is 15.4. The van der Waals surface area contributed by atoms with Crippen LogP contribution >= 0.6 is 0 Å². The van der Waals surface area contributed by atoms with Gasteiger partial charge in [0.05, 0.1) is 6.04 Å². The van der Waals surface area contributed by atoms with Gasteiger partial charge in [0.1, 0.15) is 6.04 Å². The second-order valence-electron chi connectivity index (χ2n) is 7.27. The van der Waals surface area contributed by atoms with Gasteiger partial charge in [-0.15, -0.1) is 0 Å². The van der Waals surface area contributed by atoms with Gasteiger partial charge in [0.25, 0.3) is 0 Å². The van der Waals surface area contributed by atoms with Crippen LogP contribution < -0.4 is 10.6 Å². The minimum Gasteiger partial charge on any atom is -0.329 e.